The molecule has 0 aromatic heterocycles. The molecule has 0 bridgehead atoms. The van der Waals surface area contributed by atoms with Crippen molar-refractivity contribution in [2.75, 3.05) is 19.6 Å². The van der Waals surface area contributed by atoms with Crippen LogP contribution in [-0.2, 0) is 0 Å². The van der Waals surface area contributed by atoms with E-state index in [9.17, 15) is 0 Å². The molecule has 124 valence electrons. The van der Waals surface area contributed by atoms with Crippen molar-refractivity contribution >= 4 is 0 Å². The monoisotopic (exact) mass is 294 g/mol. The summed E-state index contributed by atoms with van der Waals surface area (Å²) in [6.45, 7) is 13.4. The Morgan fingerprint density at radius 3 is 2.38 bits per heavy atom. The maximum atomic E-state index is 3.59. The molecule has 1 aliphatic carbocycles. The lowest BCUT2D eigenvalue weighted by molar-refractivity contribution is 0.0728. The molecule has 0 spiro atoms. The van der Waals surface area contributed by atoms with Gasteiger partial charge >= 0.3 is 0 Å². The van der Waals surface area contributed by atoms with Crippen LogP contribution >= 0.6 is 0 Å². The molecule has 1 aliphatic heterocycles. The Labute approximate surface area is 133 Å². The third kappa shape index (κ3) is 5.56. The Bertz CT molecular complexity index is 281. The van der Waals surface area contributed by atoms with Crippen LogP contribution in [0.2, 0.25) is 0 Å². The normalized spacial score (nSPS) is 31.3. The largest absolute Gasteiger partial charge is 0.316 e. The van der Waals surface area contributed by atoms with Crippen molar-refractivity contribution in [1.29, 1.82) is 0 Å². The summed E-state index contributed by atoms with van der Waals surface area (Å²) in [5.41, 5.74) is 0. The molecule has 1 saturated carbocycles. The first-order valence-corrected chi connectivity index (χ1v) is 9.52. The van der Waals surface area contributed by atoms with Gasteiger partial charge in [-0.05, 0) is 76.8 Å². The van der Waals surface area contributed by atoms with Crippen LogP contribution in [0.25, 0.3) is 0 Å². The molecule has 2 aliphatic rings. The summed E-state index contributed by atoms with van der Waals surface area (Å²) in [7, 11) is 0. The van der Waals surface area contributed by atoms with Crippen LogP contribution in [-0.4, -0.2) is 36.6 Å². The van der Waals surface area contributed by atoms with E-state index in [-0.39, 0.29) is 0 Å². The fraction of sp³-hybridized carbons (Fsp3) is 1.00. The molecule has 2 rings (SSSR count). The molecule has 0 aromatic carbocycles. The zero-order valence-corrected chi connectivity index (χ0v) is 14.9. The van der Waals surface area contributed by atoms with Crippen molar-refractivity contribution in [1.82, 2.24) is 10.2 Å². The van der Waals surface area contributed by atoms with Crippen LogP contribution in [0.1, 0.15) is 72.6 Å². The summed E-state index contributed by atoms with van der Waals surface area (Å²) in [5, 5.41) is 3.59. The quantitative estimate of drug-likeness (QED) is 0.785. The van der Waals surface area contributed by atoms with Crippen LogP contribution < -0.4 is 5.32 Å². The predicted molar refractivity (Wildman–Crippen MR) is 92.6 cm³/mol. The van der Waals surface area contributed by atoms with E-state index in [0.717, 1.165) is 23.8 Å². The van der Waals surface area contributed by atoms with E-state index in [0.29, 0.717) is 6.04 Å². The number of piperidine rings is 1. The van der Waals surface area contributed by atoms with Gasteiger partial charge in [0.05, 0.1) is 0 Å². The van der Waals surface area contributed by atoms with Gasteiger partial charge in [-0.15, -0.1) is 0 Å². The third-order valence-corrected chi connectivity index (χ3v) is 5.56. The Morgan fingerprint density at radius 2 is 1.76 bits per heavy atom. The minimum absolute atomic E-state index is 0.703. The van der Waals surface area contributed by atoms with E-state index >= 15 is 0 Å². The number of hydrogen-bond acceptors (Lipinski definition) is 2. The third-order valence-electron chi connectivity index (χ3n) is 5.56. The average Bonchev–Trinajstić information content (AvgIpc) is 2.45. The highest BCUT2D eigenvalue weighted by atomic mass is 15.2. The number of nitrogens with zero attached hydrogens (tertiary/aromatic N) is 1. The molecule has 3 unspecified atom stereocenters. The second-order valence-corrected chi connectivity index (χ2v) is 8.32. The predicted octanol–water partition coefficient (Wildman–Crippen LogP) is 4.30. The molecule has 1 N–H and O–H groups in total. The first-order valence-electron chi connectivity index (χ1n) is 9.52. The SMILES string of the molecule is CC(C)CC1CCCC(N(CC2CCCNC2)C(C)C)C1. The molecule has 0 aromatic rings. The molecule has 21 heavy (non-hydrogen) atoms. The van der Waals surface area contributed by atoms with Gasteiger partial charge in [-0.3, -0.25) is 4.90 Å². The van der Waals surface area contributed by atoms with Gasteiger partial charge in [0.1, 0.15) is 0 Å². The summed E-state index contributed by atoms with van der Waals surface area (Å²) in [5.74, 6) is 2.73. The highest BCUT2D eigenvalue weighted by Gasteiger charge is 2.30. The lowest BCUT2D eigenvalue weighted by Crippen LogP contribution is -2.48. The molecule has 1 saturated heterocycles. The van der Waals surface area contributed by atoms with E-state index in [1.165, 1.54) is 64.6 Å². The van der Waals surface area contributed by atoms with Crippen LogP contribution in [0, 0.1) is 17.8 Å². The number of rotatable bonds is 6. The first kappa shape index (κ1) is 17.3. The van der Waals surface area contributed by atoms with E-state index in [1.807, 2.05) is 0 Å². The lowest BCUT2D eigenvalue weighted by atomic mass is 9.80. The van der Waals surface area contributed by atoms with Crippen molar-refractivity contribution in [2.45, 2.75) is 84.7 Å². The Balaban J connectivity index is 1.90. The Hall–Kier alpha value is -0.0800. The van der Waals surface area contributed by atoms with Gasteiger partial charge in [0.2, 0.25) is 0 Å². The minimum atomic E-state index is 0.703. The number of nitrogens with one attached hydrogen (secondary N) is 1. The van der Waals surface area contributed by atoms with Gasteiger partial charge in [-0.1, -0.05) is 26.7 Å². The van der Waals surface area contributed by atoms with E-state index in [2.05, 4.69) is 37.9 Å². The second kappa shape index (κ2) is 8.53. The van der Waals surface area contributed by atoms with Gasteiger partial charge in [-0.25, -0.2) is 0 Å². The highest BCUT2D eigenvalue weighted by molar-refractivity contribution is 4.85. The van der Waals surface area contributed by atoms with Gasteiger partial charge in [0.15, 0.2) is 0 Å². The van der Waals surface area contributed by atoms with Gasteiger partial charge in [-0.2, -0.15) is 0 Å². The molecule has 2 heteroatoms. The van der Waals surface area contributed by atoms with E-state index < -0.39 is 0 Å². The fourth-order valence-electron chi connectivity index (χ4n) is 4.60. The highest BCUT2D eigenvalue weighted by Crippen LogP contribution is 2.33. The second-order valence-electron chi connectivity index (χ2n) is 8.32. The average molecular weight is 295 g/mol. The number of hydrogen-bond donors (Lipinski definition) is 1. The maximum Gasteiger partial charge on any atom is 0.0101 e. The topological polar surface area (TPSA) is 15.3 Å². The van der Waals surface area contributed by atoms with E-state index in [4.69, 9.17) is 0 Å². The lowest BCUT2D eigenvalue weighted by Gasteiger charge is -2.42. The van der Waals surface area contributed by atoms with Crippen LogP contribution in [0.3, 0.4) is 0 Å². The molecular formula is C19H38N2. The van der Waals surface area contributed by atoms with Crippen LogP contribution in [0.4, 0.5) is 0 Å². The molecule has 0 radical (unpaired) electrons. The summed E-state index contributed by atoms with van der Waals surface area (Å²) >= 11 is 0. The van der Waals surface area contributed by atoms with Crippen molar-refractivity contribution in [3.05, 3.63) is 0 Å². The molecule has 1 heterocycles. The van der Waals surface area contributed by atoms with Crippen molar-refractivity contribution in [2.24, 2.45) is 17.8 Å². The van der Waals surface area contributed by atoms with Gasteiger partial charge < -0.3 is 5.32 Å². The maximum absolute atomic E-state index is 3.59. The first-order chi connectivity index (χ1) is 10.1. The van der Waals surface area contributed by atoms with Gasteiger partial charge in [0, 0.05) is 18.6 Å². The molecular weight excluding hydrogens is 256 g/mol. The zero-order chi connectivity index (χ0) is 15.2. The Kier molecular flexibility index (Phi) is 7.01. The summed E-state index contributed by atoms with van der Waals surface area (Å²) in [4.78, 5) is 2.85. The van der Waals surface area contributed by atoms with Crippen molar-refractivity contribution in [3.63, 3.8) is 0 Å². The molecule has 2 nitrogen and oxygen atoms in total. The van der Waals surface area contributed by atoms with Crippen molar-refractivity contribution in [3.8, 4) is 0 Å². The summed E-state index contributed by atoms with van der Waals surface area (Å²) in [6.07, 6.45) is 10.1. The minimum Gasteiger partial charge on any atom is -0.316 e. The fourth-order valence-corrected chi connectivity index (χ4v) is 4.60. The van der Waals surface area contributed by atoms with Crippen LogP contribution in [0.5, 0.6) is 0 Å². The zero-order valence-electron chi connectivity index (χ0n) is 14.9. The van der Waals surface area contributed by atoms with E-state index in [1.54, 1.807) is 0 Å². The Morgan fingerprint density at radius 1 is 1.00 bits per heavy atom. The smallest absolute Gasteiger partial charge is 0.0101 e. The molecule has 3 atom stereocenters. The summed E-state index contributed by atoms with van der Waals surface area (Å²) < 4.78 is 0. The van der Waals surface area contributed by atoms with Crippen molar-refractivity contribution < 1.29 is 0 Å². The summed E-state index contributed by atoms with van der Waals surface area (Å²) in [6, 6.07) is 1.55. The van der Waals surface area contributed by atoms with Gasteiger partial charge in [0.25, 0.3) is 0 Å². The molecule has 2 fully saturated rings. The molecule has 0 amide bonds. The van der Waals surface area contributed by atoms with Crippen LogP contribution in [0.15, 0.2) is 0 Å². The standard InChI is InChI=1S/C19H38N2/c1-15(2)11-17-7-5-9-19(12-17)21(16(3)4)14-18-8-6-10-20-13-18/h15-20H,5-14H2,1-4H3.